The van der Waals surface area contributed by atoms with Crippen molar-refractivity contribution < 1.29 is 0 Å². The smallest absolute Gasteiger partial charge is 0.0629 e. The van der Waals surface area contributed by atoms with E-state index in [9.17, 15) is 0 Å². The second-order valence-electron chi connectivity index (χ2n) is 6.39. The fraction of sp³-hybridized carbons (Fsp3) is 0.562. The van der Waals surface area contributed by atoms with Crippen molar-refractivity contribution in [2.75, 3.05) is 0 Å². The average Bonchev–Trinajstić information content (AvgIpc) is 2.63. The van der Waals surface area contributed by atoms with Gasteiger partial charge in [0.15, 0.2) is 0 Å². The molecule has 0 saturated heterocycles. The van der Waals surface area contributed by atoms with E-state index < -0.39 is 0 Å². The molecule has 2 saturated carbocycles. The van der Waals surface area contributed by atoms with Crippen molar-refractivity contribution in [3.8, 4) is 0 Å². The summed E-state index contributed by atoms with van der Waals surface area (Å²) in [5.41, 5.74) is 3.31. The van der Waals surface area contributed by atoms with E-state index >= 15 is 0 Å². The summed E-state index contributed by atoms with van der Waals surface area (Å²) in [7, 11) is 0. The molecule has 2 atom stereocenters. The van der Waals surface area contributed by atoms with Crippen LogP contribution in [0.25, 0.3) is 0 Å². The fourth-order valence-corrected chi connectivity index (χ4v) is 3.76. The third kappa shape index (κ3) is 1.41. The van der Waals surface area contributed by atoms with Crippen LogP contribution in [0.15, 0.2) is 35.3 Å². The summed E-state index contributed by atoms with van der Waals surface area (Å²) in [6.07, 6.45) is 3.91. The molecule has 1 aromatic carbocycles. The minimum absolute atomic E-state index is 0.327. The normalized spacial score (nSPS) is 36.6. The Bertz CT molecular complexity index is 458. The molecule has 2 bridgehead atoms. The monoisotopic (exact) mass is 227 g/mol. The molecule has 0 amide bonds. The van der Waals surface area contributed by atoms with Gasteiger partial charge in [-0.25, -0.2) is 0 Å². The lowest BCUT2D eigenvalue weighted by Gasteiger charge is -2.34. The highest BCUT2D eigenvalue weighted by molar-refractivity contribution is 5.96. The minimum Gasteiger partial charge on any atom is -0.257 e. The number of hydrogen-bond donors (Lipinski definition) is 0. The van der Waals surface area contributed by atoms with E-state index in [0.717, 1.165) is 11.6 Å². The second-order valence-corrected chi connectivity index (χ2v) is 6.39. The molecule has 2 aliphatic carbocycles. The number of para-hydroxylation sites is 1. The summed E-state index contributed by atoms with van der Waals surface area (Å²) in [5, 5.41) is 0. The molecule has 17 heavy (non-hydrogen) atoms. The fourth-order valence-electron chi connectivity index (χ4n) is 3.76. The molecule has 2 aliphatic rings. The second kappa shape index (κ2) is 3.44. The number of nitrogens with zero attached hydrogens (tertiary/aromatic N) is 1. The number of rotatable bonds is 1. The molecule has 1 nitrogen and oxygen atoms in total. The first-order valence-corrected chi connectivity index (χ1v) is 6.67. The van der Waals surface area contributed by atoms with Gasteiger partial charge in [0, 0.05) is 11.1 Å². The number of fused-ring (bicyclic) bond motifs is 2. The molecule has 90 valence electrons. The van der Waals surface area contributed by atoms with Gasteiger partial charge >= 0.3 is 0 Å². The first-order chi connectivity index (χ1) is 8.04. The van der Waals surface area contributed by atoms with Crippen molar-refractivity contribution in [1.82, 2.24) is 0 Å². The zero-order chi connectivity index (χ0) is 12.1. The van der Waals surface area contributed by atoms with E-state index in [1.165, 1.54) is 25.0 Å². The maximum absolute atomic E-state index is 4.92. The SMILES string of the molecule is CC12CCC(CC1=Nc1ccccc1)C2(C)C. The Labute approximate surface area is 104 Å². The Morgan fingerprint density at radius 3 is 2.35 bits per heavy atom. The number of hydrogen-bond acceptors (Lipinski definition) is 1. The van der Waals surface area contributed by atoms with Gasteiger partial charge in [-0.1, -0.05) is 39.0 Å². The predicted octanol–water partition coefficient (Wildman–Crippen LogP) is 4.61. The van der Waals surface area contributed by atoms with Crippen LogP contribution in [0.2, 0.25) is 0 Å². The maximum atomic E-state index is 4.92. The molecule has 0 heterocycles. The van der Waals surface area contributed by atoms with Crippen LogP contribution in [0, 0.1) is 16.7 Å². The lowest BCUT2D eigenvalue weighted by molar-refractivity contribution is 0.194. The Morgan fingerprint density at radius 2 is 1.82 bits per heavy atom. The summed E-state index contributed by atoms with van der Waals surface area (Å²) in [6.45, 7) is 7.28. The van der Waals surface area contributed by atoms with Gasteiger partial charge in [-0.2, -0.15) is 0 Å². The molecule has 0 radical (unpaired) electrons. The molecule has 0 aliphatic heterocycles. The largest absolute Gasteiger partial charge is 0.257 e. The van der Waals surface area contributed by atoms with Crippen molar-refractivity contribution in [2.24, 2.45) is 21.7 Å². The van der Waals surface area contributed by atoms with Gasteiger partial charge in [0.05, 0.1) is 5.69 Å². The van der Waals surface area contributed by atoms with E-state index in [2.05, 4.69) is 51.1 Å². The van der Waals surface area contributed by atoms with Gasteiger partial charge < -0.3 is 0 Å². The highest BCUT2D eigenvalue weighted by atomic mass is 14.8. The van der Waals surface area contributed by atoms with Gasteiger partial charge in [-0.05, 0) is 42.7 Å². The van der Waals surface area contributed by atoms with Crippen LogP contribution < -0.4 is 0 Å². The van der Waals surface area contributed by atoms with Crippen LogP contribution >= 0.6 is 0 Å². The molecule has 0 N–H and O–H groups in total. The predicted molar refractivity (Wildman–Crippen MR) is 72.8 cm³/mol. The highest BCUT2D eigenvalue weighted by Crippen LogP contribution is 2.64. The standard InChI is InChI=1S/C16H21N/c1-15(2)12-9-10-16(15,3)14(11-12)17-13-7-5-4-6-8-13/h4-8,12H,9-11H2,1-3H3. The topological polar surface area (TPSA) is 12.4 Å². The molecular formula is C16H21N. The molecule has 2 unspecified atom stereocenters. The van der Waals surface area contributed by atoms with Gasteiger partial charge in [0.25, 0.3) is 0 Å². The van der Waals surface area contributed by atoms with Crippen molar-refractivity contribution in [3.63, 3.8) is 0 Å². The third-order valence-electron chi connectivity index (χ3n) is 5.53. The van der Waals surface area contributed by atoms with Crippen molar-refractivity contribution in [1.29, 1.82) is 0 Å². The van der Waals surface area contributed by atoms with E-state index in [4.69, 9.17) is 4.99 Å². The van der Waals surface area contributed by atoms with E-state index in [-0.39, 0.29) is 0 Å². The Kier molecular flexibility index (Phi) is 2.23. The molecule has 0 spiro atoms. The van der Waals surface area contributed by atoms with Crippen LogP contribution in [-0.4, -0.2) is 5.71 Å². The lowest BCUT2D eigenvalue weighted by atomic mass is 9.70. The highest BCUT2D eigenvalue weighted by Gasteiger charge is 2.59. The lowest BCUT2D eigenvalue weighted by Crippen LogP contribution is -2.32. The quantitative estimate of drug-likeness (QED) is 0.664. The van der Waals surface area contributed by atoms with E-state index in [0.29, 0.717) is 10.8 Å². The number of aliphatic imine (C=N–C) groups is 1. The zero-order valence-electron chi connectivity index (χ0n) is 11.0. The summed E-state index contributed by atoms with van der Waals surface area (Å²) in [4.78, 5) is 4.92. The van der Waals surface area contributed by atoms with E-state index in [1.54, 1.807) is 0 Å². The van der Waals surface area contributed by atoms with Crippen molar-refractivity contribution in [3.05, 3.63) is 30.3 Å². The molecule has 1 heteroatoms. The van der Waals surface area contributed by atoms with Crippen LogP contribution in [0.1, 0.15) is 40.0 Å². The van der Waals surface area contributed by atoms with E-state index in [1.807, 2.05) is 0 Å². The molecule has 2 fully saturated rings. The summed E-state index contributed by atoms with van der Waals surface area (Å²) >= 11 is 0. The molecule has 0 aromatic heterocycles. The van der Waals surface area contributed by atoms with Crippen LogP contribution in [-0.2, 0) is 0 Å². The van der Waals surface area contributed by atoms with Crippen molar-refractivity contribution >= 4 is 11.4 Å². The van der Waals surface area contributed by atoms with Crippen LogP contribution in [0.4, 0.5) is 5.69 Å². The number of benzene rings is 1. The van der Waals surface area contributed by atoms with Crippen molar-refractivity contribution in [2.45, 2.75) is 40.0 Å². The maximum Gasteiger partial charge on any atom is 0.0629 e. The average molecular weight is 227 g/mol. The third-order valence-corrected chi connectivity index (χ3v) is 5.53. The van der Waals surface area contributed by atoms with Gasteiger partial charge in [-0.3, -0.25) is 4.99 Å². The summed E-state index contributed by atoms with van der Waals surface area (Å²) in [6, 6.07) is 10.4. The van der Waals surface area contributed by atoms with Gasteiger partial charge in [-0.15, -0.1) is 0 Å². The summed E-state index contributed by atoms with van der Waals surface area (Å²) < 4.78 is 0. The Hall–Kier alpha value is -1.11. The summed E-state index contributed by atoms with van der Waals surface area (Å²) in [5.74, 6) is 0.843. The van der Waals surface area contributed by atoms with Gasteiger partial charge in [0.2, 0.25) is 0 Å². The first-order valence-electron chi connectivity index (χ1n) is 6.67. The molecular weight excluding hydrogens is 206 g/mol. The molecule has 3 rings (SSSR count). The first kappa shape index (κ1) is 11.0. The molecule has 1 aromatic rings. The zero-order valence-corrected chi connectivity index (χ0v) is 11.0. The van der Waals surface area contributed by atoms with Crippen LogP contribution in [0.3, 0.4) is 0 Å². The van der Waals surface area contributed by atoms with Crippen LogP contribution in [0.5, 0.6) is 0 Å². The Balaban J connectivity index is 2.00. The minimum atomic E-state index is 0.327. The Morgan fingerprint density at radius 1 is 1.12 bits per heavy atom. The van der Waals surface area contributed by atoms with Gasteiger partial charge in [0.1, 0.15) is 0 Å².